The number of allylic oxidation sites excluding steroid dienone is 1. The normalized spacial score (nSPS) is 17.8. The zero-order valence-electron chi connectivity index (χ0n) is 11.7. The predicted molar refractivity (Wildman–Crippen MR) is 79.3 cm³/mol. The predicted octanol–water partition coefficient (Wildman–Crippen LogP) is 3.90. The number of nitrogens with one attached hydrogen (secondary N) is 1. The summed E-state index contributed by atoms with van der Waals surface area (Å²) in [6, 6.07) is 5.21. The van der Waals surface area contributed by atoms with Gasteiger partial charge < -0.3 is 10.1 Å². The second-order valence-corrected chi connectivity index (χ2v) is 4.95. The molecule has 5 nitrogen and oxygen atoms in total. The zero-order chi connectivity index (χ0) is 14.4. The lowest BCUT2D eigenvalue weighted by Crippen LogP contribution is -2.20. The van der Waals surface area contributed by atoms with E-state index in [1.165, 1.54) is 6.07 Å². The molecular formula is C15H20N2O3. The van der Waals surface area contributed by atoms with Crippen LogP contribution >= 0.6 is 0 Å². The lowest BCUT2D eigenvalue weighted by atomic mass is 10.0. The van der Waals surface area contributed by atoms with Crippen LogP contribution in [0.15, 0.2) is 30.4 Å². The lowest BCUT2D eigenvalue weighted by Gasteiger charge is -2.21. The fourth-order valence-corrected chi connectivity index (χ4v) is 2.24. The number of hydrogen-bond acceptors (Lipinski definition) is 4. The van der Waals surface area contributed by atoms with Crippen LogP contribution in [0.2, 0.25) is 0 Å². The van der Waals surface area contributed by atoms with Crippen LogP contribution in [-0.2, 0) is 0 Å². The summed E-state index contributed by atoms with van der Waals surface area (Å²) < 4.78 is 5.52. The number of non-ortho nitro benzene ring substituents is 1. The molecule has 0 radical (unpaired) electrons. The molecule has 0 saturated carbocycles. The third-order valence-electron chi connectivity index (χ3n) is 3.21. The van der Waals surface area contributed by atoms with E-state index < -0.39 is 0 Å². The van der Waals surface area contributed by atoms with Gasteiger partial charge in [0.1, 0.15) is 5.75 Å². The molecule has 0 bridgehead atoms. The Bertz CT molecular complexity index is 500. The first-order valence-electron chi connectivity index (χ1n) is 7.03. The molecule has 0 amide bonds. The summed E-state index contributed by atoms with van der Waals surface area (Å²) in [5, 5.41) is 14.3. The van der Waals surface area contributed by atoms with Crippen LogP contribution < -0.4 is 10.1 Å². The van der Waals surface area contributed by atoms with E-state index in [0.29, 0.717) is 18.4 Å². The maximum Gasteiger partial charge on any atom is 0.275 e. The van der Waals surface area contributed by atoms with E-state index in [2.05, 4.69) is 17.5 Å². The minimum atomic E-state index is -0.384. The van der Waals surface area contributed by atoms with Gasteiger partial charge in [0.25, 0.3) is 5.69 Å². The van der Waals surface area contributed by atoms with Crippen LogP contribution in [0.5, 0.6) is 5.75 Å². The Hall–Kier alpha value is -2.04. The van der Waals surface area contributed by atoms with Gasteiger partial charge in [0.15, 0.2) is 0 Å². The van der Waals surface area contributed by atoms with E-state index in [1.807, 2.05) is 13.0 Å². The van der Waals surface area contributed by atoms with Gasteiger partial charge in [-0.05, 0) is 25.7 Å². The van der Waals surface area contributed by atoms with Crippen molar-refractivity contribution in [1.82, 2.24) is 0 Å². The Morgan fingerprint density at radius 2 is 2.25 bits per heavy atom. The van der Waals surface area contributed by atoms with Crippen LogP contribution in [0, 0.1) is 10.1 Å². The molecule has 0 aliphatic heterocycles. The molecule has 1 aromatic rings. The molecule has 1 unspecified atom stereocenters. The fraction of sp³-hybridized carbons (Fsp3) is 0.467. The second-order valence-electron chi connectivity index (χ2n) is 4.95. The first kappa shape index (κ1) is 14.4. The van der Waals surface area contributed by atoms with Gasteiger partial charge in [0, 0.05) is 23.9 Å². The molecule has 1 aliphatic rings. The second kappa shape index (κ2) is 6.93. The molecule has 2 rings (SSSR count). The topological polar surface area (TPSA) is 64.4 Å². The van der Waals surface area contributed by atoms with Crippen molar-refractivity contribution in [1.29, 1.82) is 0 Å². The highest BCUT2D eigenvalue weighted by atomic mass is 16.6. The Balaban J connectivity index is 2.15. The van der Waals surface area contributed by atoms with Crippen molar-refractivity contribution in [3.05, 3.63) is 40.5 Å². The maximum absolute atomic E-state index is 11.0. The van der Waals surface area contributed by atoms with Crippen molar-refractivity contribution in [3.8, 4) is 5.75 Å². The number of nitro groups is 1. The third-order valence-corrected chi connectivity index (χ3v) is 3.21. The van der Waals surface area contributed by atoms with Crippen molar-refractivity contribution in [2.24, 2.45) is 0 Å². The van der Waals surface area contributed by atoms with Crippen molar-refractivity contribution >= 4 is 11.4 Å². The Morgan fingerprint density at radius 1 is 1.40 bits per heavy atom. The van der Waals surface area contributed by atoms with E-state index in [1.54, 1.807) is 6.07 Å². The molecule has 0 aromatic heterocycles. The molecule has 1 aliphatic carbocycles. The Morgan fingerprint density at radius 3 is 2.90 bits per heavy atom. The SMILES string of the molecule is CCCOc1cc(NC2CC=CCC2)cc([N+](=O)[O-])c1. The van der Waals surface area contributed by atoms with E-state index in [9.17, 15) is 10.1 Å². The van der Waals surface area contributed by atoms with Gasteiger partial charge in [-0.2, -0.15) is 0 Å². The van der Waals surface area contributed by atoms with Crippen LogP contribution in [0.1, 0.15) is 32.6 Å². The summed E-state index contributed by atoms with van der Waals surface area (Å²) in [5.41, 5.74) is 0.818. The number of ether oxygens (including phenoxy) is 1. The van der Waals surface area contributed by atoms with Gasteiger partial charge in [-0.25, -0.2) is 0 Å². The van der Waals surface area contributed by atoms with Crippen LogP contribution in [0.3, 0.4) is 0 Å². The highest BCUT2D eigenvalue weighted by molar-refractivity contribution is 5.57. The minimum Gasteiger partial charge on any atom is -0.493 e. The van der Waals surface area contributed by atoms with E-state index >= 15 is 0 Å². The van der Waals surface area contributed by atoms with E-state index in [4.69, 9.17) is 4.74 Å². The largest absolute Gasteiger partial charge is 0.493 e. The summed E-state index contributed by atoms with van der Waals surface area (Å²) in [7, 11) is 0. The van der Waals surface area contributed by atoms with Crippen LogP contribution in [0.4, 0.5) is 11.4 Å². The quantitative estimate of drug-likeness (QED) is 0.486. The molecule has 1 aromatic carbocycles. The van der Waals surface area contributed by atoms with Crippen molar-refractivity contribution in [2.45, 2.75) is 38.6 Å². The van der Waals surface area contributed by atoms with Gasteiger partial charge in [0.05, 0.1) is 17.6 Å². The lowest BCUT2D eigenvalue weighted by molar-refractivity contribution is -0.384. The van der Waals surface area contributed by atoms with E-state index in [0.717, 1.165) is 31.4 Å². The fourth-order valence-electron chi connectivity index (χ4n) is 2.24. The summed E-state index contributed by atoms with van der Waals surface area (Å²) in [5.74, 6) is 0.551. The zero-order valence-corrected chi connectivity index (χ0v) is 11.7. The van der Waals surface area contributed by atoms with Crippen molar-refractivity contribution < 1.29 is 9.66 Å². The smallest absolute Gasteiger partial charge is 0.275 e. The van der Waals surface area contributed by atoms with Gasteiger partial charge in [-0.3, -0.25) is 10.1 Å². The Kier molecular flexibility index (Phi) is 4.98. The summed E-state index contributed by atoms with van der Waals surface area (Å²) >= 11 is 0. The molecule has 0 spiro atoms. The molecule has 0 saturated heterocycles. The van der Waals surface area contributed by atoms with E-state index in [-0.39, 0.29) is 10.6 Å². The first-order valence-corrected chi connectivity index (χ1v) is 7.03. The number of nitrogens with zero attached hydrogens (tertiary/aromatic N) is 1. The number of benzene rings is 1. The third kappa shape index (κ3) is 3.98. The van der Waals surface area contributed by atoms with Crippen LogP contribution in [-0.4, -0.2) is 17.6 Å². The molecular weight excluding hydrogens is 256 g/mol. The average Bonchev–Trinajstić information content (AvgIpc) is 2.46. The molecule has 1 N–H and O–H groups in total. The number of hydrogen-bond donors (Lipinski definition) is 1. The molecule has 5 heteroatoms. The molecule has 0 fully saturated rings. The highest BCUT2D eigenvalue weighted by Gasteiger charge is 2.14. The average molecular weight is 276 g/mol. The van der Waals surface area contributed by atoms with Crippen LogP contribution in [0.25, 0.3) is 0 Å². The minimum absolute atomic E-state index is 0.0625. The summed E-state index contributed by atoms with van der Waals surface area (Å²) in [6.45, 7) is 2.57. The van der Waals surface area contributed by atoms with Gasteiger partial charge in [-0.15, -0.1) is 0 Å². The molecule has 0 heterocycles. The number of anilines is 1. The molecule has 108 valence electrons. The first-order chi connectivity index (χ1) is 9.69. The van der Waals surface area contributed by atoms with Gasteiger partial charge >= 0.3 is 0 Å². The monoisotopic (exact) mass is 276 g/mol. The number of rotatable bonds is 6. The number of nitro benzene ring substituents is 1. The standard InChI is InChI=1S/C15H20N2O3/c1-2-8-20-15-10-13(9-14(11-15)17(18)19)16-12-6-4-3-5-7-12/h3-4,9-12,16H,2,5-8H2,1H3. The van der Waals surface area contributed by atoms with Gasteiger partial charge in [0.2, 0.25) is 0 Å². The van der Waals surface area contributed by atoms with Crippen molar-refractivity contribution in [2.75, 3.05) is 11.9 Å². The summed E-state index contributed by atoms with van der Waals surface area (Å²) in [6.07, 6.45) is 8.23. The van der Waals surface area contributed by atoms with Crippen molar-refractivity contribution in [3.63, 3.8) is 0 Å². The molecule has 20 heavy (non-hydrogen) atoms. The van der Waals surface area contributed by atoms with Gasteiger partial charge in [-0.1, -0.05) is 19.1 Å². The Labute approximate surface area is 118 Å². The molecule has 1 atom stereocenters. The highest BCUT2D eigenvalue weighted by Crippen LogP contribution is 2.28. The maximum atomic E-state index is 11.0. The summed E-state index contributed by atoms with van der Waals surface area (Å²) in [4.78, 5) is 10.6.